The maximum absolute atomic E-state index is 13.6. The van der Waals surface area contributed by atoms with Crippen LogP contribution < -0.4 is 4.72 Å². The fraction of sp³-hybridized carbons (Fsp3) is 0.0714. The second-order valence-corrected chi connectivity index (χ2v) is 6.41. The van der Waals surface area contributed by atoms with Gasteiger partial charge in [-0.25, -0.2) is 17.5 Å². The van der Waals surface area contributed by atoms with Crippen LogP contribution in [-0.4, -0.2) is 14.3 Å². The van der Waals surface area contributed by atoms with Crippen LogP contribution in [0.25, 0.3) is 0 Å². The van der Waals surface area contributed by atoms with Crippen molar-refractivity contribution in [3.63, 3.8) is 0 Å². The predicted octanol–water partition coefficient (Wildman–Crippen LogP) is 2.91. The lowest BCUT2D eigenvalue weighted by atomic mass is 10.2. The smallest absolute Gasteiger partial charge is 0.267 e. The van der Waals surface area contributed by atoms with Crippen molar-refractivity contribution in [3.05, 3.63) is 64.4 Å². The van der Waals surface area contributed by atoms with Gasteiger partial charge in [0.05, 0.1) is 10.6 Å². The number of carbonyl (C=O) groups excluding carboxylic acids is 1. The largest absolute Gasteiger partial charge is 0.268 e. The van der Waals surface area contributed by atoms with Gasteiger partial charge in [0.2, 0.25) is 0 Å². The number of benzene rings is 2. The maximum Gasteiger partial charge on any atom is 0.267 e. The molecule has 0 spiro atoms. The highest BCUT2D eigenvalue weighted by atomic mass is 35.5. The zero-order chi connectivity index (χ0) is 15.6. The van der Waals surface area contributed by atoms with Gasteiger partial charge < -0.3 is 0 Å². The molecule has 7 heteroatoms. The van der Waals surface area contributed by atoms with Crippen LogP contribution in [0, 0.1) is 12.7 Å². The van der Waals surface area contributed by atoms with E-state index >= 15 is 0 Å². The summed E-state index contributed by atoms with van der Waals surface area (Å²) in [4.78, 5) is 11.4. The average Bonchev–Trinajstić information content (AvgIpc) is 2.41. The van der Waals surface area contributed by atoms with Crippen LogP contribution in [0.1, 0.15) is 15.9 Å². The highest BCUT2D eigenvalue weighted by Crippen LogP contribution is 2.18. The number of hydrogen-bond donors (Lipinski definition) is 1. The number of aryl methyl sites for hydroxylation is 1. The Labute approximate surface area is 126 Å². The molecule has 0 heterocycles. The summed E-state index contributed by atoms with van der Waals surface area (Å²) < 4.78 is 39.6. The van der Waals surface area contributed by atoms with Crippen molar-refractivity contribution in [1.82, 2.24) is 4.72 Å². The normalized spacial score (nSPS) is 11.2. The first kappa shape index (κ1) is 15.5. The minimum absolute atomic E-state index is 0.00389. The van der Waals surface area contributed by atoms with E-state index in [0.29, 0.717) is 5.56 Å². The molecule has 4 nitrogen and oxygen atoms in total. The molecule has 0 aliphatic carbocycles. The Kier molecular flexibility index (Phi) is 4.29. The maximum atomic E-state index is 13.6. The van der Waals surface area contributed by atoms with Crippen LogP contribution in [-0.2, 0) is 10.0 Å². The SMILES string of the molecule is Cc1ccc(F)c(S(=O)(=O)NC(=O)c2ccccc2Cl)c1. The van der Waals surface area contributed by atoms with Gasteiger partial charge in [-0.05, 0) is 36.8 Å². The second kappa shape index (κ2) is 5.83. The Balaban J connectivity index is 2.36. The van der Waals surface area contributed by atoms with E-state index in [0.717, 1.165) is 12.1 Å². The van der Waals surface area contributed by atoms with Crippen LogP contribution >= 0.6 is 11.6 Å². The minimum atomic E-state index is -4.31. The van der Waals surface area contributed by atoms with Crippen molar-refractivity contribution in [1.29, 1.82) is 0 Å². The Morgan fingerprint density at radius 1 is 1.19 bits per heavy atom. The summed E-state index contributed by atoms with van der Waals surface area (Å²) in [6.45, 7) is 1.62. The summed E-state index contributed by atoms with van der Waals surface area (Å²) in [5.74, 6) is -1.85. The van der Waals surface area contributed by atoms with Crippen LogP contribution in [0.15, 0.2) is 47.4 Å². The van der Waals surface area contributed by atoms with E-state index in [1.807, 2.05) is 0 Å². The number of halogens is 2. The number of amides is 1. The molecule has 2 aromatic carbocycles. The molecule has 2 aromatic rings. The zero-order valence-electron chi connectivity index (χ0n) is 10.9. The quantitative estimate of drug-likeness (QED) is 0.942. The Morgan fingerprint density at radius 2 is 1.86 bits per heavy atom. The third kappa shape index (κ3) is 3.40. The third-order valence-electron chi connectivity index (χ3n) is 2.72. The molecular weight excluding hydrogens is 317 g/mol. The monoisotopic (exact) mass is 327 g/mol. The molecule has 0 saturated heterocycles. The van der Waals surface area contributed by atoms with Crippen molar-refractivity contribution in [2.45, 2.75) is 11.8 Å². The molecule has 0 fully saturated rings. The van der Waals surface area contributed by atoms with Crippen molar-refractivity contribution >= 4 is 27.5 Å². The van der Waals surface area contributed by atoms with Gasteiger partial charge in [0, 0.05) is 0 Å². The lowest BCUT2D eigenvalue weighted by molar-refractivity contribution is 0.0981. The van der Waals surface area contributed by atoms with Crippen molar-refractivity contribution < 1.29 is 17.6 Å². The van der Waals surface area contributed by atoms with Crippen LogP contribution in [0.5, 0.6) is 0 Å². The minimum Gasteiger partial charge on any atom is -0.268 e. The van der Waals surface area contributed by atoms with Gasteiger partial charge in [-0.1, -0.05) is 29.8 Å². The first-order chi connectivity index (χ1) is 9.81. The van der Waals surface area contributed by atoms with E-state index in [1.165, 1.54) is 18.2 Å². The predicted molar refractivity (Wildman–Crippen MR) is 77.2 cm³/mol. The van der Waals surface area contributed by atoms with E-state index in [9.17, 15) is 17.6 Å². The molecule has 0 saturated carbocycles. The lowest BCUT2D eigenvalue weighted by Crippen LogP contribution is -2.31. The third-order valence-corrected chi connectivity index (χ3v) is 4.40. The van der Waals surface area contributed by atoms with Gasteiger partial charge in [-0.2, -0.15) is 0 Å². The zero-order valence-corrected chi connectivity index (χ0v) is 12.5. The van der Waals surface area contributed by atoms with Gasteiger partial charge >= 0.3 is 0 Å². The fourth-order valence-electron chi connectivity index (χ4n) is 1.69. The van der Waals surface area contributed by atoms with Gasteiger partial charge in [-0.15, -0.1) is 0 Å². The molecule has 0 aromatic heterocycles. The first-order valence-corrected chi connectivity index (χ1v) is 7.75. The highest BCUT2D eigenvalue weighted by molar-refractivity contribution is 7.90. The van der Waals surface area contributed by atoms with E-state index < -0.39 is 26.6 Å². The number of nitrogens with one attached hydrogen (secondary N) is 1. The van der Waals surface area contributed by atoms with E-state index in [-0.39, 0.29) is 10.6 Å². The van der Waals surface area contributed by atoms with Crippen LogP contribution in [0.3, 0.4) is 0 Å². The van der Waals surface area contributed by atoms with E-state index in [4.69, 9.17) is 11.6 Å². The van der Waals surface area contributed by atoms with E-state index in [2.05, 4.69) is 0 Å². The number of carbonyl (C=O) groups is 1. The summed E-state index contributed by atoms with van der Waals surface area (Å²) in [5.41, 5.74) is 0.553. The van der Waals surface area contributed by atoms with Gasteiger partial charge in [0.15, 0.2) is 0 Å². The molecule has 1 amide bonds. The Morgan fingerprint density at radius 3 is 2.52 bits per heavy atom. The first-order valence-electron chi connectivity index (χ1n) is 5.89. The second-order valence-electron chi connectivity index (χ2n) is 4.35. The fourth-order valence-corrected chi connectivity index (χ4v) is 3.05. The lowest BCUT2D eigenvalue weighted by Gasteiger charge is -2.09. The van der Waals surface area contributed by atoms with Crippen LogP contribution in [0.4, 0.5) is 4.39 Å². The molecule has 0 atom stereocenters. The molecule has 0 unspecified atom stereocenters. The van der Waals surface area contributed by atoms with Gasteiger partial charge in [0.1, 0.15) is 10.7 Å². The molecule has 1 N–H and O–H groups in total. The molecule has 0 radical (unpaired) electrons. The summed E-state index contributed by atoms with van der Waals surface area (Å²) in [6.07, 6.45) is 0. The number of sulfonamides is 1. The van der Waals surface area contributed by atoms with Crippen molar-refractivity contribution in [3.8, 4) is 0 Å². The molecular formula is C14H11ClFNO3S. The molecule has 110 valence electrons. The summed E-state index contributed by atoms with van der Waals surface area (Å²) in [6, 6.07) is 9.59. The van der Waals surface area contributed by atoms with Gasteiger partial charge in [0.25, 0.3) is 15.9 Å². The number of rotatable bonds is 3. The molecule has 21 heavy (non-hydrogen) atoms. The van der Waals surface area contributed by atoms with Crippen LogP contribution in [0.2, 0.25) is 5.02 Å². The Hall–Kier alpha value is -1.92. The number of hydrogen-bond acceptors (Lipinski definition) is 3. The molecule has 0 aliphatic rings. The highest BCUT2D eigenvalue weighted by Gasteiger charge is 2.23. The summed E-state index contributed by atoms with van der Waals surface area (Å²) in [5, 5.41) is 0.106. The molecule has 0 aliphatic heterocycles. The topological polar surface area (TPSA) is 63.2 Å². The molecule has 0 bridgehead atoms. The Bertz CT molecular complexity index is 806. The van der Waals surface area contributed by atoms with E-state index in [1.54, 1.807) is 23.8 Å². The summed E-state index contributed by atoms with van der Waals surface area (Å²) in [7, 11) is -4.31. The standard InChI is InChI=1S/C14H11ClFNO3S/c1-9-6-7-12(16)13(8-9)21(19,20)17-14(18)10-4-2-3-5-11(10)15/h2-8H,1H3,(H,17,18). The average molecular weight is 328 g/mol. The summed E-state index contributed by atoms with van der Waals surface area (Å²) >= 11 is 5.82. The molecule has 2 rings (SSSR count). The van der Waals surface area contributed by atoms with Gasteiger partial charge in [-0.3, -0.25) is 4.79 Å². The van der Waals surface area contributed by atoms with Crippen molar-refractivity contribution in [2.75, 3.05) is 0 Å². The van der Waals surface area contributed by atoms with Crippen molar-refractivity contribution in [2.24, 2.45) is 0 Å².